The van der Waals surface area contributed by atoms with Crippen molar-refractivity contribution in [2.75, 3.05) is 6.54 Å². The topological polar surface area (TPSA) is 51.1 Å². The van der Waals surface area contributed by atoms with Gasteiger partial charge in [0.05, 0.1) is 6.42 Å². The van der Waals surface area contributed by atoms with Crippen molar-refractivity contribution >= 4 is 11.7 Å². The number of fused-ring (bicyclic) bond motifs is 1. The molecule has 26 heavy (non-hydrogen) atoms. The highest BCUT2D eigenvalue weighted by Gasteiger charge is 2.28. The molecule has 0 saturated carbocycles. The van der Waals surface area contributed by atoms with E-state index < -0.39 is 0 Å². The Morgan fingerprint density at radius 3 is 2.73 bits per heavy atom. The second kappa shape index (κ2) is 7.68. The summed E-state index contributed by atoms with van der Waals surface area (Å²) in [6.07, 6.45) is 3.97. The number of halogens is 1. The van der Waals surface area contributed by atoms with Crippen molar-refractivity contribution in [3.8, 4) is 0 Å². The van der Waals surface area contributed by atoms with Crippen molar-refractivity contribution in [1.82, 2.24) is 9.88 Å². The average Bonchev–Trinajstić information content (AvgIpc) is 2.88. The van der Waals surface area contributed by atoms with Crippen LogP contribution >= 0.6 is 0 Å². The summed E-state index contributed by atoms with van der Waals surface area (Å²) in [4.78, 5) is 24.8. The lowest BCUT2D eigenvalue weighted by molar-refractivity contribution is -0.120. The van der Waals surface area contributed by atoms with Gasteiger partial charge in [-0.25, -0.2) is 4.39 Å². The third kappa shape index (κ3) is 3.62. The first kappa shape index (κ1) is 18.1. The Hall–Kier alpha value is -2.69. The van der Waals surface area contributed by atoms with Crippen molar-refractivity contribution in [2.45, 2.75) is 39.2 Å². The van der Waals surface area contributed by atoms with Crippen LogP contribution in [-0.4, -0.2) is 22.8 Å². The highest BCUT2D eigenvalue weighted by molar-refractivity contribution is 6.01. The second-order valence-corrected chi connectivity index (χ2v) is 6.64. The van der Waals surface area contributed by atoms with Crippen molar-refractivity contribution in [2.24, 2.45) is 0 Å². The van der Waals surface area contributed by atoms with E-state index in [1.165, 1.54) is 12.1 Å². The van der Waals surface area contributed by atoms with Gasteiger partial charge in [0.25, 0.3) is 0 Å². The summed E-state index contributed by atoms with van der Waals surface area (Å²) in [5.74, 6) is -0.276. The van der Waals surface area contributed by atoms with E-state index in [1.54, 1.807) is 18.2 Å². The van der Waals surface area contributed by atoms with Crippen molar-refractivity contribution in [3.05, 3.63) is 70.8 Å². The molecule has 2 aromatic rings. The predicted octanol–water partition coefficient (Wildman–Crippen LogP) is 3.35. The summed E-state index contributed by atoms with van der Waals surface area (Å²) in [5.41, 5.74) is 4.42. The van der Waals surface area contributed by atoms with Gasteiger partial charge in [0, 0.05) is 36.5 Å². The number of nitrogens with one attached hydrogen (secondary N) is 1. The van der Waals surface area contributed by atoms with Gasteiger partial charge < -0.3 is 9.88 Å². The minimum absolute atomic E-state index is 0.110. The van der Waals surface area contributed by atoms with E-state index in [0.717, 1.165) is 35.4 Å². The zero-order valence-electron chi connectivity index (χ0n) is 15.0. The smallest absolute Gasteiger partial charge is 0.224 e. The number of Topliss-reactive ketones (excluding diaryl/α,β-unsaturated/α-hetero) is 1. The maximum absolute atomic E-state index is 13.2. The molecule has 1 aromatic carbocycles. The maximum atomic E-state index is 13.2. The fraction of sp³-hybridized carbons (Fsp3) is 0.333. The van der Waals surface area contributed by atoms with Crippen LogP contribution in [0.5, 0.6) is 0 Å². The lowest BCUT2D eigenvalue weighted by atomic mass is 9.92. The average molecular weight is 354 g/mol. The Kier molecular flexibility index (Phi) is 5.35. The molecule has 3 rings (SSSR count). The molecule has 1 aliphatic rings. The van der Waals surface area contributed by atoms with Gasteiger partial charge in [-0.05, 0) is 43.0 Å². The Morgan fingerprint density at radius 1 is 1.31 bits per heavy atom. The summed E-state index contributed by atoms with van der Waals surface area (Å²) in [6, 6.07) is 6.38. The number of nitrogens with zero attached hydrogens (tertiary/aromatic N) is 1. The molecule has 4 nitrogen and oxygen atoms in total. The fourth-order valence-electron chi connectivity index (χ4n) is 3.60. The third-order valence-corrected chi connectivity index (χ3v) is 4.89. The molecular weight excluding hydrogens is 331 g/mol. The Morgan fingerprint density at radius 2 is 2.04 bits per heavy atom. The third-order valence-electron chi connectivity index (χ3n) is 4.89. The standard InChI is InChI=1S/C21H23FN2O2/c1-3-11-23-20(26)12-17-14(2)24(13-15-7-9-16(22)10-8-15)18-5-4-6-19(25)21(17)18/h3,7-10H,1,4-6,11-13H2,2H3,(H,23,26). The molecule has 0 aliphatic heterocycles. The zero-order valence-corrected chi connectivity index (χ0v) is 15.0. The van der Waals surface area contributed by atoms with E-state index in [-0.39, 0.29) is 23.9 Å². The van der Waals surface area contributed by atoms with E-state index in [0.29, 0.717) is 25.1 Å². The molecule has 0 unspecified atom stereocenters. The molecule has 1 amide bonds. The van der Waals surface area contributed by atoms with E-state index in [2.05, 4.69) is 16.5 Å². The van der Waals surface area contributed by atoms with Gasteiger partial charge in [0.1, 0.15) is 5.82 Å². The number of rotatable bonds is 6. The summed E-state index contributed by atoms with van der Waals surface area (Å²) in [7, 11) is 0. The summed E-state index contributed by atoms with van der Waals surface area (Å²) >= 11 is 0. The number of amides is 1. The molecule has 0 saturated heterocycles. The SMILES string of the molecule is C=CCNC(=O)Cc1c2c(n(Cc3ccc(F)cc3)c1C)CCCC2=O. The van der Waals surface area contributed by atoms with Crippen molar-refractivity contribution in [1.29, 1.82) is 0 Å². The quantitative estimate of drug-likeness (QED) is 0.809. The zero-order chi connectivity index (χ0) is 18.7. The van der Waals surface area contributed by atoms with E-state index in [9.17, 15) is 14.0 Å². The first-order chi connectivity index (χ1) is 12.5. The van der Waals surface area contributed by atoms with Crippen molar-refractivity contribution < 1.29 is 14.0 Å². The molecule has 0 bridgehead atoms. The van der Waals surface area contributed by atoms with Crippen LogP contribution < -0.4 is 5.32 Å². The molecule has 1 aromatic heterocycles. The summed E-state index contributed by atoms with van der Waals surface area (Å²) in [6.45, 7) is 6.52. The molecule has 5 heteroatoms. The number of aromatic nitrogens is 1. The van der Waals surface area contributed by atoms with Gasteiger partial charge in [-0.15, -0.1) is 6.58 Å². The van der Waals surface area contributed by atoms with Gasteiger partial charge in [-0.2, -0.15) is 0 Å². The Balaban J connectivity index is 1.98. The maximum Gasteiger partial charge on any atom is 0.224 e. The van der Waals surface area contributed by atoms with Crippen molar-refractivity contribution in [3.63, 3.8) is 0 Å². The fourth-order valence-corrected chi connectivity index (χ4v) is 3.60. The molecule has 0 spiro atoms. The molecule has 1 heterocycles. The van der Waals surface area contributed by atoms with Gasteiger partial charge in [-0.1, -0.05) is 18.2 Å². The largest absolute Gasteiger partial charge is 0.352 e. The second-order valence-electron chi connectivity index (χ2n) is 6.64. The van der Waals surface area contributed by atoms with E-state index in [1.807, 2.05) is 6.92 Å². The van der Waals surface area contributed by atoms with Gasteiger partial charge in [0.2, 0.25) is 5.91 Å². The molecule has 0 atom stereocenters. The summed E-state index contributed by atoms with van der Waals surface area (Å²) in [5, 5.41) is 2.78. The van der Waals surface area contributed by atoms with Crippen LogP contribution in [0.1, 0.15) is 45.7 Å². The van der Waals surface area contributed by atoms with Crippen LogP contribution in [0.3, 0.4) is 0 Å². The highest BCUT2D eigenvalue weighted by Crippen LogP contribution is 2.31. The Bertz CT molecular complexity index is 850. The van der Waals surface area contributed by atoms with E-state index >= 15 is 0 Å². The monoisotopic (exact) mass is 354 g/mol. The molecule has 1 N–H and O–H groups in total. The van der Waals surface area contributed by atoms with Gasteiger partial charge >= 0.3 is 0 Å². The van der Waals surface area contributed by atoms with Crippen LogP contribution in [0.25, 0.3) is 0 Å². The van der Waals surface area contributed by atoms with Crippen LogP contribution in [-0.2, 0) is 24.2 Å². The number of hydrogen-bond acceptors (Lipinski definition) is 2. The van der Waals surface area contributed by atoms with Crippen LogP contribution in [0, 0.1) is 12.7 Å². The normalized spacial score (nSPS) is 13.4. The molecule has 0 fully saturated rings. The lowest BCUT2D eigenvalue weighted by Crippen LogP contribution is -2.26. The van der Waals surface area contributed by atoms with Crippen LogP contribution in [0.2, 0.25) is 0 Å². The van der Waals surface area contributed by atoms with Crippen LogP contribution in [0.4, 0.5) is 4.39 Å². The summed E-state index contributed by atoms with van der Waals surface area (Å²) < 4.78 is 15.3. The molecule has 1 aliphatic carbocycles. The number of benzene rings is 1. The highest BCUT2D eigenvalue weighted by atomic mass is 19.1. The van der Waals surface area contributed by atoms with E-state index in [4.69, 9.17) is 0 Å². The molecular formula is C21H23FN2O2. The van der Waals surface area contributed by atoms with Crippen LogP contribution in [0.15, 0.2) is 36.9 Å². The number of ketones is 1. The Labute approximate surface area is 152 Å². The molecule has 0 radical (unpaired) electrons. The van der Waals surface area contributed by atoms with Gasteiger partial charge in [0.15, 0.2) is 5.78 Å². The first-order valence-electron chi connectivity index (χ1n) is 8.87. The minimum atomic E-state index is -0.269. The number of carbonyl (C=O) groups excluding carboxylic acids is 2. The van der Waals surface area contributed by atoms with Gasteiger partial charge in [-0.3, -0.25) is 9.59 Å². The first-order valence-corrected chi connectivity index (χ1v) is 8.87. The molecule has 136 valence electrons. The number of carbonyl (C=O) groups is 2. The minimum Gasteiger partial charge on any atom is -0.352 e. The lowest BCUT2D eigenvalue weighted by Gasteiger charge is -2.16. The number of hydrogen-bond donors (Lipinski definition) is 1. The predicted molar refractivity (Wildman–Crippen MR) is 98.9 cm³/mol.